The number of carbonyl (C=O) groups is 1. The van der Waals surface area contributed by atoms with Gasteiger partial charge in [-0.05, 0) is 49.4 Å². The number of hydrogen-bond donors (Lipinski definition) is 1. The Morgan fingerprint density at radius 2 is 1.83 bits per heavy atom. The van der Waals surface area contributed by atoms with Crippen molar-refractivity contribution in [2.45, 2.75) is 12.1 Å². The Hall–Kier alpha value is -4.04. The quantitative estimate of drug-likeness (QED) is 0.210. The van der Waals surface area contributed by atoms with E-state index in [1.54, 1.807) is 13.3 Å². The standard InChI is InChI=1S/C27H24N4O3S/c1-3-34-20-13-11-19(12-14-20)31-26(18-7-6-8-21(15-18)33-2)29-30-27(31)35-17-25(32)23-16-28-24-10-5-4-9-22(23)24/h4-16,28H,3,17H2,1-2H3. The number of fused-ring (bicyclic) bond motifs is 1. The number of hydrogen-bond acceptors (Lipinski definition) is 6. The number of Topliss-reactive ketones (excluding diaryl/α,β-unsaturated/α-hetero) is 1. The SMILES string of the molecule is CCOc1ccc(-n2c(SCC(=O)c3c[nH]c4ccccc34)nnc2-c2cccc(OC)c2)cc1. The predicted molar refractivity (Wildman–Crippen MR) is 138 cm³/mol. The molecule has 0 atom stereocenters. The van der Waals surface area contributed by atoms with E-state index in [-0.39, 0.29) is 11.5 Å². The number of H-pyrrole nitrogens is 1. The topological polar surface area (TPSA) is 82.0 Å². The highest BCUT2D eigenvalue weighted by atomic mass is 32.2. The molecule has 35 heavy (non-hydrogen) atoms. The number of ketones is 1. The van der Waals surface area contributed by atoms with Gasteiger partial charge < -0.3 is 14.5 Å². The number of para-hydroxylation sites is 1. The van der Waals surface area contributed by atoms with Crippen molar-refractivity contribution in [3.63, 3.8) is 0 Å². The molecule has 2 aromatic heterocycles. The second-order valence-electron chi connectivity index (χ2n) is 7.76. The lowest BCUT2D eigenvalue weighted by Crippen LogP contribution is -2.05. The fourth-order valence-corrected chi connectivity index (χ4v) is 4.75. The van der Waals surface area contributed by atoms with Crippen LogP contribution in [0.3, 0.4) is 0 Å². The number of ether oxygens (including phenoxy) is 2. The number of aromatic amines is 1. The molecule has 0 bridgehead atoms. The summed E-state index contributed by atoms with van der Waals surface area (Å²) >= 11 is 1.36. The van der Waals surface area contributed by atoms with Crippen LogP contribution in [0.2, 0.25) is 0 Å². The fourth-order valence-electron chi connectivity index (χ4n) is 3.91. The lowest BCUT2D eigenvalue weighted by Gasteiger charge is -2.12. The van der Waals surface area contributed by atoms with E-state index in [0.29, 0.717) is 23.2 Å². The molecular formula is C27H24N4O3S. The first-order valence-corrected chi connectivity index (χ1v) is 12.2. The minimum absolute atomic E-state index is 0.0247. The third-order valence-electron chi connectivity index (χ3n) is 5.59. The van der Waals surface area contributed by atoms with E-state index < -0.39 is 0 Å². The van der Waals surface area contributed by atoms with Crippen LogP contribution >= 0.6 is 11.8 Å². The largest absolute Gasteiger partial charge is 0.497 e. The molecule has 7 nitrogen and oxygen atoms in total. The molecule has 5 aromatic rings. The number of rotatable bonds is 9. The smallest absolute Gasteiger partial charge is 0.196 e. The summed E-state index contributed by atoms with van der Waals surface area (Å²) in [4.78, 5) is 16.3. The van der Waals surface area contributed by atoms with Gasteiger partial charge in [0.2, 0.25) is 0 Å². The average Bonchev–Trinajstić information content (AvgIpc) is 3.53. The van der Waals surface area contributed by atoms with E-state index in [2.05, 4.69) is 15.2 Å². The van der Waals surface area contributed by atoms with Crippen LogP contribution in [0.1, 0.15) is 17.3 Å². The second-order valence-corrected chi connectivity index (χ2v) is 8.70. The molecule has 0 spiro atoms. The van der Waals surface area contributed by atoms with Crippen molar-refractivity contribution < 1.29 is 14.3 Å². The first-order valence-electron chi connectivity index (χ1n) is 11.2. The molecular weight excluding hydrogens is 460 g/mol. The lowest BCUT2D eigenvalue weighted by molar-refractivity contribution is 0.102. The normalized spacial score (nSPS) is 11.0. The Bertz CT molecular complexity index is 1470. The van der Waals surface area contributed by atoms with Gasteiger partial charge in [-0.25, -0.2) is 0 Å². The second kappa shape index (κ2) is 10.1. The van der Waals surface area contributed by atoms with Gasteiger partial charge in [-0.3, -0.25) is 9.36 Å². The highest BCUT2D eigenvalue weighted by molar-refractivity contribution is 7.99. The van der Waals surface area contributed by atoms with Gasteiger partial charge in [0.1, 0.15) is 11.5 Å². The summed E-state index contributed by atoms with van der Waals surface area (Å²) in [5.41, 5.74) is 3.35. The molecule has 0 saturated carbocycles. The maximum Gasteiger partial charge on any atom is 0.196 e. The van der Waals surface area contributed by atoms with Crippen molar-refractivity contribution in [1.29, 1.82) is 0 Å². The van der Waals surface area contributed by atoms with Crippen molar-refractivity contribution in [3.05, 3.63) is 84.6 Å². The minimum Gasteiger partial charge on any atom is -0.497 e. The molecule has 0 aliphatic rings. The molecule has 0 saturated heterocycles. The lowest BCUT2D eigenvalue weighted by atomic mass is 10.1. The summed E-state index contributed by atoms with van der Waals surface area (Å²) in [5.74, 6) is 2.44. The zero-order valence-electron chi connectivity index (χ0n) is 19.4. The van der Waals surface area contributed by atoms with Gasteiger partial charge in [0.25, 0.3) is 0 Å². The van der Waals surface area contributed by atoms with E-state index in [1.165, 1.54) is 11.8 Å². The first kappa shape index (κ1) is 22.7. The molecule has 176 valence electrons. The number of nitrogens with one attached hydrogen (secondary N) is 1. The molecule has 3 aromatic carbocycles. The van der Waals surface area contributed by atoms with E-state index in [0.717, 1.165) is 33.7 Å². The third-order valence-corrected chi connectivity index (χ3v) is 6.52. The van der Waals surface area contributed by atoms with Crippen LogP contribution in [0.4, 0.5) is 0 Å². The predicted octanol–water partition coefficient (Wildman–Crippen LogP) is 5.80. The highest BCUT2D eigenvalue weighted by Gasteiger charge is 2.19. The summed E-state index contributed by atoms with van der Waals surface area (Å²) in [6.07, 6.45) is 1.77. The maximum atomic E-state index is 13.1. The Kier molecular flexibility index (Phi) is 6.54. The van der Waals surface area contributed by atoms with E-state index >= 15 is 0 Å². The van der Waals surface area contributed by atoms with Crippen LogP contribution in [0, 0.1) is 0 Å². The number of aromatic nitrogens is 4. The zero-order chi connectivity index (χ0) is 24.2. The number of methoxy groups -OCH3 is 1. The molecule has 0 unspecified atom stereocenters. The van der Waals surface area contributed by atoms with Crippen molar-refractivity contribution in [3.8, 4) is 28.6 Å². The van der Waals surface area contributed by atoms with Gasteiger partial charge in [0, 0.05) is 33.9 Å². The van der Waals surface area contributed by atoms with Crippen molar-refractivity contribution >= 4 is 28.4 Å². The van der Waals surface area contributed by atoms with E-state index in [9.17, 15) is 4.79 Å². The third kappa shape index (κ3) is 4.65. The van der Waals surface area contributed by atoms with Crippen LogP contribution in [-0.2, 0) is 0 Å². The zero-order valence-corrected chi connectivity index (χ0v) is 20.2. The monoisotopic (exact) mass is 484 g/mol. The van der Waals surface area contributed by atoms with Crippen molar-refractivity contribution in [2.75, 3.05) is 19.5 Å². The molecule has 0 amide bonds. The Morgan fingerprint density at radius 3 is 2.63 bits per heavy atom. The van der Waals surface area contributed by atoms with Gasteiger partial charge in [-0.2, -0.15) is 0 Å². The number of thioether (sulfide) groups is 1. The van der Waals surface area contributed by atoms with Gasteiger partial charge in [-0.15, -0.1) is 10.2 Å². The van der Waals surface area contributed by atoms with Crippen LogP contribution in [-0.4, -0.2) is 45.0 Å². The van der Waals surface area contributed by atoms with Crippen molar-refractivity contribution in [2.24, 2.45) is 0 Å². The molecule has 0 fully saturated rings. The van der Waals surface area contributed by atoms with Crippen LogP contribution < -0.4 is 9.47 Å². The molecule has 5 rings (SSSR count). The average molecular weight is 485 g/mol. The Labute approximate surface area is 207 Å². The number of carbonyl (C=O) groups excluding carboxylic acids is 1. The molecule has 2 heterocycles. The number of benzene rings is 3. The fraction of sp³-hybridized carbons (Fsp3) is 0.148. The Morgan fingerprint density at radius 1 is 1.00 bits per heavy atom. The summed E-state index contributed by atoms with van der Waals surface area (Å²) in [6, 6.07) is 23.2. The Balaban J connectivity index is 1.49. The van der Waals surface area contributed by atoms with Gasteiger partial charge in [-0.1, -0.05) is 42.1 Å². The minimum atomic E-state index is 0.0247. The summed E-state index contributed by atoms with van der Waals surface area (Å²) in [7, 11) is 1.63. The molecule has 0 aliphatic carbocycles. The maximum absolute atomic E-state index is 13.1. The van der Waals surface area contributed by atoms with Crippen LogP contribution in [0.25, 0.3) is 28.0 Å². The van der Waals surface area contributed by atoms with E-state index in [4.69, 9.17) is 9.47 Å². The van der Waals surface area contributed by atoms with Crippen LogP contribution in [0.5, 0.6) is 11.5 Å². The molecule has 1 N–H and O–H groups in total. The van der Waals surface area contributed by atoms with Gasteiger partial charge in [0.05, 0.1) is 19.5 Å². The van der Waals surface area contributed by atoms with Gasteiger partial charge in [0.15, 0.2) is 16.8 Å². The summed E-state index contributed by atoms with van der Waals surface area (Å²) in [6.45, 7) is 2.55. The molecule has 8 heteroatoms. The van der Waals surface area contributed by atoms with Crippen molar-refractivity contribution in [1.82, 2.24) is 19.7 Å². The summed E-state index contributed by atoms with van der Waals surface area (Å²) in [5, 5.41) is 10.5. The highest BCUT2D eigenvalue weighted by Crippen LogP contribution is 2.31. The molecule has 0 radical (unpaired) electrons. The van der Waals surface area contributed by atoms with Crippen LogP contribution in [0.15, 0.2) is 84.1 Å². The first-order chi connectivity index (χ1) is 17.2. The van der Waals surface area contributed by atoms with E-state index in [1.807, 2.05) is 84.3 Å². The number of nitrogens with zero attached hydrogens (tertiary/aromatic N) is 3. The van der Waals surface area contributed by atoms with Gasteiger partial charge >= 0.3 is 0 Å². The molecule has 0 aliphatic heterocycles. The summed E-state index contributed by atoms with van der Waals surface area (Å²) < 4.78 is 13.0.